The van der Waals surface area contributed by atoms with Crippen molar-refractivity contribution in [1.29, 1.82) is 0 Å². The van der Waals surface area contributed by atoms with Gasteiger partial charge in [0.15, 0.2) is 5.11 Å². The molecule has 0 saturated carbocycles. The van der Waals surface area contributed by atoms with Crippen LogP contribution in [-0.4, -0.2) is 22.5 Å². The van der Waals surface area contributed by atoms with Crippen molar-refractivity contribution in [2.24, 2.45) is 5.92 Å². The van der Waals surface area contributed by atoms with Crippen LogP contribution in [0.3, 0.4) is 0 Å². The minimum atomic E-state index is -0.130. The number of carbonyl (C=O) groups excluding carboxylic acids is 1. The molecule has 0 atom stereocenters. The van der Waals surface area contributed by atoms with Gasteiger partial charge in [0.1, 0.15) is 5.70 Å². The van der Waals surface area contributed by atoms with E-state index in [0.717, 1.165) is 5.56 Å². The standard InChI is InChI=1S/C14H14Cl2N2OS/c1-8(2)7-18-13(19)12(17-14(18)20)5-9-3-4-10(15)6-11(9)16/h3-6,8H,7H2,1-2H3,(H,17,20)/b12-5+. The molecule has 0 bridgehead atoms. The average molecular weight is 329 g/mol. The Hall–Kier alpha value is -1.10. The minimum Gasteiger partial charge on any atom is -0.328 e. The molecule has 0 unspecified atom stereocenters. The lowest BCUT2D eigenvalue weighted by Crippen LogP contribution is -2.33. The van der Waals surface area contributed by atoms with Crippen LogP contribution >= 0.6 is 35.4 Å². The molecule has 1 amide bonds. The highest BCUT2D eigenvalue weighted by Gasteiger charge is 2.30. The van der Waals surface area contributed by atoms with E-state index >= 15 is 0 Å². The molecular weight excluding hydrogens is 315 g/mol. The third kappa shape index (κ3) is 3.32. The van der Waals surface area contributed by atoms with Gasteiger partial charge in [0.25, 0.3) is 5.91 Å². The van der Waals surface area contributed by atoms with Crippen LogP contribution in [-0.2, 0) is 4.79 Å². The van der Waals surface area contributed by atoms with Crippen LogP contribution in [0, 0.1) is 5.92 Å². The second-order valence-electron chi connectivity index (χ2n) is 4.96. The third-order valence-corrected chi connectivity index (χ3v) is 3.66. The number of benzene rings is 1. The Bertz CT molecular complexity index is 599. The van der Waals surface area contributed by atoms with Gasteiger partial charge in [0, 0.05) is 16.6 Å². The molecule has 1 heterocycles. The summed E-state index contributed by atoms with van der Waals surface area (Å²) < 4.78 is 0. The molecule has 1 N–H and O–H groups in total. The predicted molar refractivity (Wildman–Crippen MR) is 86.7 cm³/mol. The van der Waals surface area contributed by atoms with E-state index in [9.17, 15) is 4.79 Å². The summed E-state index contributed by atoms with van der Waals surface area (Å²) in [6.45, 7) is 4.66. The van der Waals surface area contributed by atoms with Crippen molar-refractivity contribution in [3.63, 3.8) is 0 Å². The summed E-state index contributed by atoms with van der Waals surface area (Å²) in [7, 11) is 0. The molecule has 20 heavy (non-hydrogen) atoms. The lowest BCUT2D eigenvalue weighted by Gasteiger charge is -2.15. The summed E-state index contributed by atoms with van der Waals surface area (Å²) in [5, 5.41) is 4.41. The SMILES string of the molecule is CC(C)CN1C(=O)/C(=C\c2ccc(Cl)cc2Cl)NC1=S. The van der Waals surface area contributed by atoms with Crippen molar-refractivity contribution in [1.82, 2.24) is 10.2 Å². The highest BCUT2D eigenvalue weighted by molar-refractivity contribution is 7.80. The van der Waals surface area contributed by atoms with Gasteiger partial charge in [-0.25, -0.2) is 0 Å². The Kier molecular flexibility index (Phi) is 4.68. The Morgan fingerprint density at radius 2 is 2.10 bits per heavy atom. The second-order valence-corrected chi connectivity index (χ2v) is 6.19. The molecule has 3 nitrogen and oxygen atoms in total. The molecular formula is C14H14Cl2N2OS. The molecule has 0 aromatic heterocycles. The zero-order valence-electron chi connectivity index (χ0n) is 11.1. The topological polar surface area (TPSA) is 32.3 Å². The third-order valence-electron chi connectivity index (χ3n) is 2.77. The van der Waals surface area contributed by atoms with Gasteiger partial charge < -0.3 is 5.32 Å². The summed E-state index contributed by atoms with van der Waals surface area (Å²) in [6, 6.07) is 5.13. The summed E-state index contributed by atoms with van der Waals surface area (Å²) in [5.41, 5.74) is 1.15. The van der Waals surface area contributed by atoms with Crippen LogP contribution in [0.2, 0.25) is 10.0 Å². The molecule has 1 aliphatic heterocycles. The van der Waals surface area contributed by atoms with Crippen LogP contribution in [0.15, 0.2) is 23.9 Å². The van der Waals surface area contributed by atoms with Gasteiger partial charge in [-0.15, -0.1) is 0 Å². The zero-order chi connectivity index (χ0) is 14.9. The van der Waals surface area contributed by atoms with E-state index in [0.29, 0.717) is 33.3 Å². The van der Waals surface area contributed by atoms with Crippen molar-refractivity contribution in [2.45, 2.75) is 13.8 Å². The van der Waals surface area contributed by atoms with Gasteiger partial charge in [0.05, 0.1) is 0 Å². The first-order valence-electron chi connectivity index (χ1n) is 6.18. The summed E-state index contributed by atoms with van der Waals surface area (Å²) >= 11 is 17.1. The van der Waals surface area contributed by atoms with Crippen molar-refractivity contribution >= 4 is 52.5 Å². The molecule has 1 fully saturated rings. The maximum Gasteiger partial charge on any atom is 0.276 e. The highest BCUT2D eigenvalue weighted by atomic mass is 35.5. The van der Waals surface area contributed by atoms with Crippen LogP contribution in [0.1, 0.15) is 19.4 Å². The number of hydrogen-bond acceptors (Lipinski definition) is 2. The van der Waals surface area contributed by atoms with Gasteiger partial charge in [-0.3, -0.25) is 9.69 Å². The Morgan fingerprint density at radius 3 is 2.70 bits per heavy atom. The van der Waals surface area contributed by atoms with E-state index in [4.69, 9.17) is 35.4 Å². The molecule has 106 valence electrons. The van der Waals surface area contributed by atoms with E-state index in [1.54, 1.807) is 29.2 Å². The van der Waals surface area contributed by atoms with E-state index in [1.165, 1.54) is 0 Å². The van der Waals surface area contributed by atoms with Gasteiger partial charge in [0.2, 0.25) is 0 Å². The molecule has 1 aromatic rings. The van der Waals surface area contributed by atoms with E-state index in [1.807, 2.05) is 13.8 Å². The first kappa shape index (κ1) is 15.3. The number of halogens is 2. The quantitative estimate of drug-likeness (QED) is 0.678. The Labute approximate surface area is 133 Å². The van der Waals surface area contributed by atoms with Crippen LogP contribution in [0.25, 0.3) is 6.08 Å². The van der Waals surface area contributed by atoms with Gasteiger partial charge in [-0.05, 0) is 41.9 Å². The molecule has 0 spiro atoms. The van der Waals surface area contributed by atoms with Gasteiger partial charge in [-0.2, -0.15) is 0 Å². The number of rotatable bonds is 3. The normalized spacial score (nSPS) is 17.2. The minimum absolute atomic E-state index is 0.130. The second kappa shape index (κ2) is 6.12. The molecule has 0 radical (unpaired) electrons. The first-order chi connectivity index (χ1) is 9.38. The maximum absolute atomic E-state index is 12.3. The first-order valence-corrected chi connectivity index (χ1v) is 7.34. The van der Waals surface area contributed by atoms with Crippen molar-refractivity contribution in [3.05, 3.63) is 39.5 Å². The summed E-state index contributed by atoms with van der Waals surface area (Å²) in [5.74, 6) is 0.215. The van der Waals surface area contributed by atoms with Crippen LogP contribution in [0.4, 0.5) is 0 Å². The molecule has 6 heteroatoms. The lowest BCUT2D eigenvalue weighted by molar-refractivity contribution is -0.122. The van der Waals surface area contributed by atoms with Crippen molar-refractivity contribution in [3.8, 4) is 0 Å². The number of nitrogens with zero attached hydrogens (tertiary/aromatic N) is 1. The number of thiocarbonyl (C=S) groups is 1. The average Bonchev–Trinajstić information content (AvgIpc) is 2.60. The largest absolute Gasteiger partial charge is 0.328 e. The number of amides is 1. The zero-order valence-corrected chi connectivity index (χ0v) is 13.4. The molecule has 1 saturated heterocycles. The van der Waals surface area contributed by atoms with Crippen molar-refractivity contribution in [2.75, 3.05) is 6.54 Å². The molecule has 1 aromatic carbocycles. The number of carbonyl (C=O) groups is 1. The van der Waals surface area contributed by atoms with Crippen LogP contribution in [0.5, 0.6) is 0 Å². The van der Waals surface area contributed by atoms with Gasteiger partial charge >= 0.3 is 0 Å². The monoisotopic (exact) mass is 328 g/mol. The Balaban J connectivity index is 2.27. The number of hydrogen-bond donors (Lipinski definition) is 1. The number of nitrogens with one attached hydrogen (secondary N) is 1. The molecule has 2 rings (SSSR count). The van der Waals surface area contributed by atoms with Crippen molar-refractivity contribution < 1.29 is 4.79 Å². The van der Waals surface area contributed by atoms with E-state index < -0.39 is 0 Å². The fourth-order valence-electron chi connectivity index (χ4n) is 1.88. The summed E-state index contributed by atoms with van der Waals surface area (Å²) in [4.78, 5) is 13.8. The van der Waals surface area contributed by atoms with E-state index in [-0.39, 0.29) is 5.91 Å². The Morgan fingerprint density at radius 1 is 1.40 bits per heavy atom. The lowest BCUT2D eigenvalue weighted by atomic mass is 10.2. The predicted octanol–water partition coefficient (Wildman–Crippen LogP) is 3.71. The van der Waals surface area contributed by atoms with E-state index in [2.05, 4.69) is 5.32 Å². The van der Waals surface area contributed by atoms with Crippen LogP contribution < -0.4 is 5.32 Å². The smallest absolute Gasteiger partial charge is 0.276 e. The fraction of sp³-hybridized carbons (Fsp3) is 0.286. The highest BCUT2D eigenvalue weighted by Crippen LogP contribution is 2.24. The fourth-order valence-corrected chi connectivity index (χ4v) is 2.61. The van der Waals surface area contributed by atoms with Gasteiger partial charge in [-0.1, -0.05) is 43.1 Å². The summed E-state index contributed by atoms with van der Waals surface area (Å²) in [6.07, 6.45) is 1.69. The molecule has 1 aliphatic rings. The molecule has 0 aliphatic carbocycles. The maximum atomic E-state index is 12.3.